The van der Waals surface area contributed by atoms with Crippen LogP contribution in [0, 0.1) is 11.8 Å². The fraction of sp³-hybridized carbons (Fsp3) is 1.00. The van der Waals surface area contributed by atoms with Crippen molar-refractivity contribution in [1.82, 2.24) is 0 Å². The summed E-state index contributed by atoms with van der Waals surface area (Å²) in [6.45, 7) is 11.3. The number of phosphoric ester groups is 1. The van der Waals surface area contributed by atoms with Crippen LogP contribution >= 0.6 is 7.82 Å². The third-order valence-electron chi connectivity index (χ3n) is 4.50. The van der Waals surface area contributed by atoms with Gasteiger partial charge in [-0.2, -0.15) is 0 Å². The molecule has 0 aromatic heterocycles. The molecule has 0 heterocycles. The molecule has 163 valence electrons. The number of hydrogen-bond donors (Lipinski definition) is 1. The first-order valence-corrected chi connectivity index (χ1v) is 12.7. The van der Waals surface area contributed by atoms with Crippen molar-refractivity contribution in [1.29, 1.82) is 0 Å². The minimum atomic E-state index is -3.89. The van der Waals surface area contributed by atoms with Gasteiger partial charge in [0.05, 0.1) is 13.2 Å². The summed E-state index contributed by atoms with van der Waals surface area (Å²) in [5.74, 6) is 0.687. The zero-order chi connectivity index (χ0) is 20.3. The summed E-state index contributed by atoms with van der Waals surface area (Å²) in [7, 11) is -3.89. The molecule has 26 heavy (non-hydrogen) atoms. The standard InChI is InChI=1S/C16H35O4P.C4H9.Ni/c1-5-9-11-15(7-3)13-19-21(17,18)20-14-16(8-4)12-10-6-2;1-3-4-2;/h15-16H,5-14H2,1-4H3,(H,17,18);1,3-4H2,2H3;. The van der Waals surface area contributed by atoms with Crippen molar-refractivity contribution in [2.45, 2.75) is 104 Å². The molecule has 6 heteroatoms. The molecular formula is C20H44NiO4P. The predicted molar refractivity (Wildman–Crippen MR) is 108 cm³/mol. The third-order valence-corrected chi connectivity index (χ3v) is 5.80. The van der Waals surface area contributed by atoms with Crippen LogP contribution in [0.25, 0.3) is 0 Å². The first-order chi connectivity index (χ1) is 12.4. The molecule has 0 spiro atoms. The van der Waals surface area contributed by atoms with E-state index in [1.54, 1.807) is 0 Å². The molecule has 0 saturated heterocycles. The summed E-state index contributed by atoms with van der Waals surface area (Å²) in [6, 6.07) is 0. The van der Waals surface area contributed by atoms with Gasteiger partial charge >= 0.3 is 48.4 Å². The molecule has 0 amide bonds. The maximum atomic E-state index is 11.9. The number of unbranched alkanes of at least 4 members (excludes halogenated alkanes) is 3. The Bertz CT molecular complexity index is 303. The number of rotatable bonds is 16. The average Bonchev–Trinajstić information content (AvgIpc) is 2.63. The monoisotopic (exact) mass is 437 g/mol. The topological polar surface area (TPSA) is 55.8 Å². The summed E-state index contributed by atoms with van der Waals surface area (Å²) in [5.41, 5.74) is 0. The van der Waals surface area contributed by atoms with Crippen LogP contribution in [-0.2, 0) is 29.1 Å². The van der Waals surface area contributed by atoms with Crippen molar-refractivity contribution < 1.29 is 34.0 Å². The van der Waals surface area contributed by atoms with Gasteiger partial charge in [-0.15, -0.1) is 0 Å². The van der Waals surface area contributed by atoms with Crippen LogP contribution in [0.1, 0.15) is 98.8 Å². The van der Waals surface area contributed by atoms with Crippen LogP contribution in [0.15, 0.2) is 0 Å². The van der Waals surface area contributed by atoms with Crippen LogP contribution in [0.4, 0.5) is 0 Å². The Balaban J connectivity index is 0. The fourth-order valence-corrected chi connectivity index (χ4v) is 3.57. The molecule has 0 aliphatic rings. The Labute approximate surface area is 171 Å². The van der Waals surface area contributed by atoms with Crippen molar-refractivity contribution in [2.24, 2.45) is 11.8 Å². The molecule has 4 nitrogen and oxygen atoms in total. The first kappa shape index (κ1) is 28.8. The molecule has 0 aromatic rings. The van der Waals surface area contributed by atoms with Gasteiger partial charge in [0.2, 0.25) is 0 Å². The van der Waals surface area contributed by atoms with Crippen molar-refractivity contribution >= 4 is 7.82 Å². The quantitative estimate of drug-likeness (QED) is 0.203. The zero-order valence-electron chi connectivity index (χ0n) is 17.8. The summed E-state index contributed by atoms with van der Waals surface area (Å²) >= 11 is 4.41. The van der Waals surface area contributed by atoms with E-state index in [1.165, 1.54) is 12.8 Å². The van der Waals surface area contributed by atoms with E-state index in [0.717, 1.165) is 56.8 Å². The van der Waals surface area contributed by atoms with E-state index in [4.69, 9.17) is 9.05 Å². The van der Waals surface area contributed by atoms with Gasteiger partial charge < -0.3 is 4.89 Å². The van der Waals surface area contributed by atoms with Crippen LogP contribution in [-0.4, -0.2) is 18.1 Å². The predicted octanol–water partition coefficient (Wildman–Crippen LogP) is 7.30. The van der Waals surface area contributed by atoms with E-state index >= 15 is 0 Å². The summed E-state index contributed by atoms with van der Waals surface area (Å²) in [5, 5.41) is 0.969. The maximum absolute atomic E-state index is 11.9. The van der Waals surface area contributed by atoms with Crippen molar-refractivity contribution in [2.75, 3.05) is 13.2 Å². The molecule has 2 unspecified atom stereocenters. The second-order valence-corrected chi connectivity index (χ2v) is 8.85. The van der Waals surface area contributed by atoms with Gasteiger partial charge in [0.1, 0.15) is 0 Å². The van der Waals surface area contributed by atoms with E-state index < -0.39 is 7.82 Å². The van der Waals surface area contributed by atoms with Gasteiger partial charge in [-0.3, -0.25) is 9.05 Å². The van der Waals surface area contributed by atoms with Crippen LogP contribution in [0.3, 0.4) is 0 Å². The van der Waals surface area contributed by atoms with Gasteiger partial charge in [-0.05, 0) is 24.7 Å². The van der Waals surface area contributed by atoms with Gasteiger partial charge in [0.25, 0.3) is 0 Å². The zero-order valence-corrected chi connectivity index (χ0v) is 19.7. The van der Waals surface area contributed by atoms with E-state index in [-0.39, 0.29) is 0 Å². The third kappa shape index (κ3) is 19.4. The molecule has 0 fully saturated rings. The Morgan fingerprint density at radius 2 is 1.19 bits per heavy atom. The van der Waals surface area contributed by atoms with Gasteiger partial charge in [-0.1, -0.05) is 66.2 Å². The van der Waals surface area contributed by atoms with Crippen LogP contribution in [0.5, 0.6) is 0 Å². The molecule has 0 bridgehead atoms. The molecule has 0 rings (SSSR count). The van der Waals surface area contributed by atoms with E-state index in [1.807, 2.05) is 0 Å². The van der Waals surface area contributed by atoms with E-state index in [2.05, 4.69) is 50.1 Å². The summed E-state index contributed by atoms with van der Waals surface area (Å²) in [6.07, 6.45) is 11.0. The van der Waals surface area contributed by atoms with Crippen LogP contribution in [0.2, 0.25) is 5.39 Å². The van der Waals surface area contributed by atoms with Crippen molar-refractivity contribution in [3.63, 3.8) is 0 Å². The summed E-state index contributed by atoms with van der Waals surface area (Å²) < 4.78 is 22.2. The van der Waals surface area contributed by atoms with Crippen molar-refractivity contribution in [3.8, 4) is 0 Å². The molecule has 0 saturated carbocycles. The molecule has 1 N–H and O–H groups in total. The Morgan fingerprint density at radius 1 is 0.808 bits per heavy atom. The van der Waals surface area contributed by atoms with Gasteiger partial charge in [-0.25, -0.2) is 4.57 Å². The second-order valence-electron chi connectivity index (χ2n) is 6.90. The Kier molecular flexibility index (Phi) is 22.5. The second kappa shape index (κ2) is 20.3. The van der Waals surface area contributed by atoms with E-state index in [9.17, 15) is 9.46 Å². The molecule has 0 aromatic carbocycles. The average molecular weight is 438 g/mol. The normalized spacial score (nSPS) is 15.7. The molecule has 0 aliphatic heterocycles. The molecule has 0 radical (unpaired) electrons. The van der Waals surface area contributed by atoms with Crippen LogP contribution < -0.4 is 0 Å². The first-order valence-electron chi connectivity index (χ1n) is 10.5. The fourth-order valence-electron chi connectivity index (χ4n) is 2.34. The van der Waals surface area contributed by atoms with Gasteiger partial charge in [0, 0.05) is 0 Å². The van der Waals surface area contributed by atoms with E-state index in [0.29, 0.717) is 25.0 Å². The Morgan fingerprint density at radius 3 is 1.42 bits per heavy atom. The molecule has 0 aliphatic carbocycles. The Hall–Kier alpha value is 0.604. The molecular weight excluding hydrogens is 394 g/mol. The number of phosphoric acid groups is 1. The van der Waals surface area contributed by atoms with Crippen molar-refractivity contribution in [3.05, 3.63) is 0 Å². The minimum absolute atomic E-state index is 0.316. The molecule has 2 atom stereocenters. The SMILES string of the molecule is CCCCC(CC)COP(=O)(O)OCC(CC)CCCC.CCC[CH2][Ni]. The summed E-state index contributed by atoms with van der Waals surface area (Å²) in [4.78, 5) is 9.77. The van der Waals surface area contributed by atoms with Gasteiger partial charge in [0.15, 0.2) is 0 Å². The number of hydrogen-bond acceptors (Lipinski definition) is 3.